The van der Waals surface area contributed by atoms with Crippen LogP contribution in [-0.2, 0) is 0 Å². The van der Waals surface area contributed by atoms with Gasteiger partial charge in [-0.3, -0.25) is 4.79 Å². The highest BCUT2D eigenvalue weighted by atomic mass is 35.5. The summed E-state index contributed by atoms with van der Waals surface area (Å²) in [6.07, 6.45) is 1.82. The molecular weight excluding hydrogens is 342 g/mol. The number of halogens is 1. The van der Waals surface area contributed by atoms with Crippen molar-refractivity contribution in [2.24, 2.45) is 5.92 Å². The molecule has 7 heteroatoms. The van der Waals surface area contributed by atoms with Crippen molar-refractivity contribution in [3.8, 4) is 0 Å². The second-order valence-corrected chi connectivity index (χ2v) is 6.70. The standard InChI is InChI=1S/C18H28ClN3O3/c1-4-5-8-22(9-10-23)18(25)21-14-6-7-15(16(19)11-14)17(24)20-12-13(2)3/h6-7,11,13,23H,4-5,8-10,12H2,1-3H3,(H,20,24)(H,21,25). The van der Waals surface area contributed by atoms with E-state index in [2.05, 4.69) is 10.6 Å². The average molecular weight is 370 g/mol. The molecular formula is C18H28ClN3O3. The summed E-state index contributed by atoms with van der Waals surface area (Å²) in [5.74, 6) is 0.114. The topological polar surface area (TPSA) is 81.7 Å². The fourth-order valence-electron chi connectivity index (χ4n) is 2.16. The third-order valence-electron chi connectivity index (χ3n) is 3.57. The maximum atomic E-state index is 12.3. The highest BCUT2D eigenvalue weighted by Crippen LogP contribution is 2.21. The van der Waals surface area contributed by atoms with Crippen LogP contribution in [0.2, 0.25) is 5.02 Å². The van der Waals surface area contributed by atoms with Gasteiger partial charge in [-0.15, -0.1) is 0 Å². The molecule has 6 nitrogen and oxygen atoms in total. The molecule has 0 aliphatic heterocycles. The van der Waals surface area contributed by atoms with Crippen LogP contribution in [0.3, 0.4) is 0 Å². The van der Waals surface area contributed by atoms with E-state index in [9.17, 15) is 9.59 Å². The highest BCUT2D eigenvalue weighted by Gasteiger charge is 2.15. The molecule has 0 radical (unpaired) electrons. The van der Waals surface area contributed by atoms with Crippen LogP contribution >= 0.6 is 11.6 Å². The maximum absolute atomic E-state index is 12.3. The number of nitrogens with one attached hydrogen (secondary N) is 2. The lowest BCUT2D eigenvalue weighted by molar-refractivity contribution is 0.0949. The molecule has 0 unspecified atom stereocenters. The highest BCUT2D eigenvalue weighted by molar-refractivity contribution is 6.34. The van der Waals surface area contributed by atoms with Crippen LogP contribution in [-0.4, -0.2) is 48.2 Å². The van der Waals surface area contributed by atoms with Crippen molar-refractivity contribution in [1.29, 1.82) is 0 Å². The van der Waals surface area contributed by atoms with Gasteiger partial charge in [0, 0.05) is 25.3 Å². The number of aliphatic hydroxyl groups excluding tert-OH is 1. The third-order valence-corrected chi connectivity index (χ3v) is 3.89. The van der Waals surface area contributed by atoms with Crippen LogP contribution in [0.4, 0.5) is 10.5 Å². The molecule has 0 aliphatic carbocycles. The molecule has 25 heavy (non-hydrogen) atoms. The minimum Gasteiger partial charge on any atom is -0.395 e. The number of nitrogens with zero attached hydrogens (tertiary/aromatic N) is 1. The number of benzene rings is 1. The van der Waals surface area contributed by atoms with Crippen LogP contribution in [0.5, 0.6) is 0 Å². The van der Waals surface area contributed by atoms with Gasteiger partial charge in [-0.25, -0.2) is 4.79 Å². The zero-order valence-corrected chi connectivity index (χ0v) is 15.9. The average Bonchev–Trinajstić information content (AvgIpc) is 2.56. The van der Waals surface area contributed by atoms with Crippen LogP contribution in [0.1, 0.15) is 44.0 Å². The van der Waals surface area contributed by atoms with E-state index in [1.54, 1.807) is 23.1 Å². The molecule has 0 fully saturated rings. The van der Waals surface area contributed by atoms with E-state index < -0.39 is 0 Å². The van der Waals surface area contributed by atoms with Gasteiger partial charge < -0.3 is 20.6 Å². The molecule has 1 rings (SSSR count). The normalized spacial score (nSPS) is 10.6. The first-order valence-electron chi connectivity index (χ1n) is 8.63. The van der Waals surface area contributed by atoms with Gasteiger partial charge in [0.15, 0.2) is 0 Å². The second-order valence-electron chi connectivity index (χ2n) is 6.29. The minimum atomic E-state index is -0.296. The molecule has 3 N–H and O–H groups in total. The zero-order valence-electron chi connectivity index (χ0n) is 15.1. The number of urea groups is 1. The second kappa shape index (κ2) is 10.9. The van der Waals surface area contributed by atoms with Gasteiger partial charge in [-0.05, 0) is 30.5 Å². The van der Waals surface area contributed by atoms with Crippen LogP contribution < -0.4 is 10.6 Å². The first-order chi connectivity index (χ1) is 11.9. The predicted molar refractivity (Wildman–Crippen MR) is 101 cm³/mol. The summed E-state index contributed by atoms with van der Waals surface area (Å²) in [7, 11) is 0. The number of hydrogen-bond donors (Lipinski definition) is 3. The lowest BCUT2D eigenvalue weighted by Gasteiger charge is -2.22. The number of amides is 3. The van der Waals surface area contributed by atoms with E-state index in [4.69, 9.17) is 16.7 Å². The van der Waals surface area contributed by atoms with Crippen LogP contribution in [0.25, 0.3) is 0 Å². The van der Waals surface area contributed by atoms with Gasteiger partial charge in [-0.2, -0.15) is 0 Å². The third kappa shape index (κ3) is 7.32. The molecule has 0 aromatic heterocycles. The smallest absolute Gasteiger partial charge is 0.321 e. The number of carbonyl (C=O) groups is 2. The van der Waals surface area contributed by atoms with Gasteiger partial charge in [0.05, 0.1) is 17.2 Å². The Morgan fingerprint density at radius 1 is 1.28 bits per heavy atom. The first kappa shape index (κ1) is 21.3. The molecule has 0 spiro atoms. The molecule has 1 aromatic carbocycles. The number of unbranched alkanes of at least 4 members (excludes halogenated alkanes) is 1. The Kier molecular flexibility index (Phi) is 9.31. The summed E-state index contributed by atoms with van der Waals surface area (Å²) in [5, 5.41) is 14.9. The molecule has 0 atom stereocenters. The minimum absolute atomic E-state index is 0.0904. The fraction of sp³-hybridized carbons (Fsp3) is 0.556. The van der Waals surface area contributed by atoms with Crippen molar-refractivity contribution >= 4 is 29.2 Å². The molecule has 140 valence electrons. The van der Waals surface area contributed by atoms with E-state index in [0.29, 0.717) is 30.3 Å². The molecule has 1 aromatic rings. The van der Waals surface area contributed by atoms with Crippen molar-refractivity contribution in [2.45, 2.75) is 33.6 Å². The fourth-order valence-corrected chi connectivity index (χ4v) is 2.42. The van der Waals surface area contributed by atoms with Gasteiger partial charge in [0.25, 0.3) is 5.91 Å². The molecule has 0 saturated heterocycles. The van der Waals surface area contributed by atoms with E-state index in [-0.39, 0.29) is 30.1 Å². The lowest BCUT2D eigenvalue weighted by Crippen LogP contribution is -2.37. The monoisotopic (exact) mass is 369 g/mol. The van der Waals surface area contributed by atoms with E-state index >= 15 is 0 Å². The Hall–Kier alpha value is -1.79. The van der Waals surface area contributed by atoms with Crippen LogP contribution in [0, 0.1) is 5.92 Å². The zero-order chi connectivity index (χ0) is 18.8. The Morgan fingerprint density at radius 2 is 2.00 bits per heavy atom. The largest absolute Gasteiger partial charge is 0.395 e. The quantitative estimate of drug-likeness (QED) is 0.624. The van der Waals surface area contributed by atoms with Crippen molar-refractivity contribution in [1.82, 2.24) is 10.2 Å². The van der Waals surface area contributed by atoms with Crippen LogP contribution in [0.15, 0.2) is 18.2 Å². The van der Waals surface area contributed by atoms with Crippen molar-refractivity contribution in [3.63, 3.8) is 0 Å². The van der Waals surface area contributed by atoms with Gasteiger partial charge in [-0.1, -0.05) is 38.8 Å². The van der Waals surface area contributed by atoms with Gasteiger partial charge in [0.2, 0.25) is 0 Å². The summed E-state index contributed by atoms with van der Waals surface area (Å²) in [4.78, 5) is 25.9. The van der Waals surface area contributed by atoms with Crippen molar-refractivity contribution < 1.29 is 14.7 Å². The molecule has 0 bridgehead atoms. The van der Waals surface area contributed by atoms with Gasteiger partial charge in [0.1, 0.15) is 0 Å². The first-order valence-corrected chi connectivity index (χ1v) is 9.01. The summed E-state index contributed by atoms with van der Waals surface area (Å²) in [6, 6.07) is 4.50. The van der Waals surface area contributed by atoms with Gasteiger partial charge >= 0.3 is 6.03 Å². The van der Waals surface area contributed by atoms with E-state index in [0.717, 1.165) is 12.8 Å². The Balaban J connectivity index is 2.75. The molecule has 0 aliphatic rings. The summed E-state index contributed by atoms with van der Waals surface area (Å²) in [6.45, 7) is 7.39. The summed E-state index contributed by atoms with van der Waals surface area (Å²) in [5.41, 5.74) is 0.883. The van der Waals surface area contributed by atoms with E-state index in [1.165, 1.54) is 0 Å². The predicted octanol–water partition coefficient (Wildman–Crippen LogP) is 3.35. The van der Waals surface area contributed by atoms with Crippen molar-refractivity contribution in [3.05, 3.63) is 28.8 Å². The lowest BCUT2D eigenvalue weighted by atomic mass is 10.1. The molecule has 3 amide bonds. The summed E-state index contributed by atoms with van der Waals surface area (Å²) < 4.78 is 0. The van der Waals surface area contributed by atoms with E-state index in [1.807, 2.05) is 20.8 Å². The molecule has 0 saturated carbocycles. The number of carbonyl (C=O) groups excluding carboxylic acids is 2. The number of aliphatic hydroxyl groups is 1. The SMILES string of the molecule is CCCCN(CCO)C(=O)Nc1ccc(C(=O)NCC(C)C)c(Cl)c1. The summed E-state index contributed by atoms with van der Waals surface area (Å²) >= 11 is 6.18. The Morgan fingerprint density at radius 3 is 2.56 bits per heavy atom. The maximum Gasteiger partial charge on any atom is 0.321 e. The number of anilines is 1. The Labute approximate surface area is 154 Å². The molecule has 0 heterocycles. The van der Waals surface area contributed by atoms with Crippen molar-refractivity contribution in [2.75, 3.05) is 31.6 Å². The number of rotatable bonds is 9. The number of hydrogen-bond acceptors (Lipinski definition) is 3. The Bertz CT molecular complexity index is 579.